The maximum absolute atomic E-state index is 11.9. The van der Waals surface area contributed by atoms with Crippen LogP contribution in [-0.2, 0) is 4.74 Å². The van der Waals surface area contributed by atoms with Gasteiger partial charge in [-0.05, 0) is 38.0 Å². The second-order valence-corrected chi connectivity index (χ2v) is 5.46. The van der Waals surface area contributed by atoms with Gasteiger partial charge in [-0.1, -0.05) is 23.7 Å². The van der Waals surface area contributed by atoms with E-state index in [9.17, 15) is 4.79 Å². The molecule has 21 heavy (non-hydrogen) atoms. The number of amides is 2. The Morgan fingerprint density at radius 1 is 1.29 bits per heavy atom. The number of nitrogens with one attached hydrogen (secondary N) is 2. The summed E-state index contributed by atoms with van der Waals surface area (Å²) in [4.78, 5) is 11.9. The van der Waals surface area contributed by atoms with Gasteiger partial charge in [0.25, 0.3) is 0 Å². The highest BCUT2D eigenvalue weighted by Crippen LogP contribution is 2.22. The lowest BCUT2D eigenvalue weighted by atomic mass is 10.0. The van der Waals surface area contributed by atoms with Crippen molar-refractivity contribution in [3.8, 4) is 0 Å². The normalized spacial score (nSPS) is 15.1. The Kier molecular flexibility index (Phi) is 7.50. The van der Waals surface area contributed by atoms with E-state index in [1.165, 1.54) is 0 Å². The Bertz CT molecular complexity index is 439. The number of urea groups is 1. The third kappa shape index (κ3) is 5.91. The molecule has 0 aliphatic rings. The topological polar surface area (TPSA) is 70.6 Å². The van der Waals surface area contributed by atoms with Crippen LogP contribution in [0.3, 0.4) is 0 Å². The van der Waals surface area contributed by atoms with Gasteiger partial charge in [-0.2, -0.15) is 0 Å². The van der Waals surface area contributed by atoms with E-state index >= 15 is 0 Å². The first-order valence-electron chi connectivity index (χ1n) is 6.94. The number of hydrogen-bond donors (Lipinski definition) is 3. The second kappa shape index (κ2) is 8.87. The fourth-order valence-corrected chi connectivity index (χ4v) is 2.22. The van der Waals surface area contributed by atoms with Gasteiger partial charge in [0.15, 0.2) is 0 Å². The minimum absolute atomic E-state index is 0.0441. The van der Waals surface area contributed by atoms with Crippen molar-refractivity contribution < 1.29 is 14.6 Å². The molecule has 6 heteroatoms. The van der Waals surface area contributed by atoms with Gasteiger partial charge in [0.2, 0.25) is 0 Å². The van der Waals surface area contributed by atoms with Crippen LogP contribution in [0.25, 0.3) is 0 Å². The van der Waals surface area contributed by atoms with Crippen molar-refractivity contribution in [1.29, 1.82) is 0 Å². The summed E-state index contributed by atoms with van der Waals surface area (Å²) in [5.41, 5.74) is 0.943. The number of benzene rings is 1. The number of carbonyl (C=O) groups is 1. The zero-order valence-electron chi connectivity index (χ0n) is 12.6. The molecule has 0 spiro atoms. The molecule has 3 N–H and O–H groups in total. The van der Waals surface area contributed by atoms with Gasteiger partial charge in [-0.15, -0.1) is 0 Å². The van der Waals surface area contributed by atoms with E-state index in [1.807, 2.05) is 26.0 Å². The molecule has 118 valence electrons. The zero-order valence-corrected chi connectivity index (χ0v) is 13.4. The number of methoxy groups -OCH3 is 1. The predicted molar refractivity (Wildman–Crippen MR) is 83.5 cm³/mol. The average Bonchev–Trinajstić information content (AvgIpc) is 2.41. The van der Waals surface area contributed by atoms with Gasteiger partial charge in [-0.25, -0.2) is 4.79 Å². The van der Waals surface area contributed by atoms with Crippen LogP contribution in [0.4, 0.5) is 4.79 Å². The predicted octanol–water partition coefficient (Wildman–Crippen LogP) is 2.49. The Morgan fingerprint density at radius 3 is 2.43 bits per heavy atom. The molecule has 0 aliphatic heterocycles. The molecule has 1 aromatic rings. The quantitative estimate of drug-likeness (QED) is 0.724. The van der Waals surface area contributed by atoms with Crippen LogP contribution in [0, 0.1) is 0 Å². The van der Waals surface area contributed by atoms with E-state index in [-0.39, 0.29) is 30.8 Å². The number of ether oxygens (including phenoxy) is 1. The number of halogens is 1. The van der Waals surface area contributed by atoms with Gasteiger partial charge >= 0.3 is 6.03 Å². The third-order valence-electron chi connectivity index (χ3n) is 3.20. The summed E-state index contributed by atoms with van der Waals surface area (Å²) in [6.45, 7) is 3.76. The number of aliphatic hydroxyl groups is 1. The molecule has 0 fully saturated rings. The number of rotatable bonds is 7. The molecule has 0 heterocycles. The Morgan fingerprint density at radius 2 is 1.90 bits per heavy atom. The van der Waals surface area contributed by atoms with Crippen LogP contribution in [-0.4, -0.2) is 36.9 Å². The highest BCUT2D eigenvalue weighted by Gasteiger charge is 2.21. The molecule has 1 rings (SSSR count). The molecule has 2 amide bonds. The standard InChI is InChI=1S/C15H23ClN2O3/c1-10(8-9-19)17-15(20)18-11(2)14(21-3)12-4-6-13(16)7-5-12/h4-7,10-11,14,19H,8-9H2,1-3H3,(H2,17,18,20)/t10-,11?,14?/m1/s1. The van der Waals surface area contributed by atoms with Gasteiger partial charge in [-0.3, -0.25) is 0 Å². The summed E-state index contributed by atoms with van der Waals surface area (Å²) >= 11 is 5.87. The van der Waals surface area contributed by atoms with Gasteiger partial charge in [0.05, 0.1) is 6.04 Å². The van der Waals surface area contributed by atoms with Crippen molar-refractivity contribution in [1.82, 2.24) is 10.6 Å². The summed E-state index contributed by atoms with van der Waals surface area (Å²) < 4.78 is 5.47. The summed E-state index contributed by atoms with van der Waals surface area (Å²) in [6, 6.07) is 6.76. The van der Waals surface area contributed by atoms with Crippen LogP contribution in [0.5, 0.6) is 0 Å². The molecule has 2 unspecified atom stereocenters. The largest absolute Gasteiger partial charge is 0.396 e. The molecule has 0 radical (unpaired) electrons. The van der Waals surface area contributed by atoms with Crippen molar-refractivity contribution in [2.75, 3.05) is 13.7 Å². The van der Waals surface area contributed by atoms with E-state index in [2.05, 4.69) is 10.6 Å². The first-order valence-corrected chi connectivity index (χ1v) is 7.31. The van der Waals surface area contributed by atoms with Crippen molar-refractivity contribution in [3.63, 3.8) is 0 Å². The molecule has 0 aromatic heterocycles. The monoisotopic (exact) mass is 314 g/mol. The molecule has 0 saturated heterocycles. The molecule has 0 saturated carbocycles. The minimum atomic E-state index is -0.278. The lowest BCUT2D eigenvalue weighted by Gasteiger charge is -2.25. The third-order valence-corrected chi connectivity index (χ3v) is 3.46. The van der Waals surface area contributed by atoms with E-state index in [0.717, 1.165) is 5.56 Å². The van der Waals surface area contributed by atoms with Gasteiger partial charge in [0, 0.05) is 24.8 Å². The Balaban J connectivity index is 2.60. The Labute approximate surface area is 130 Å². The molecule has 0 bridgehead atoms. The molecular formula is C15H23ClN2O3. The number of carbonyl (C=O) groups excluding carboxylic acids is 1. The van der Waals surface area contributed by atoms with Crippen LogP contribution in [0.1, 0.15) is 31.9 Å². The van der Waals surface area contributed by atoms with Crippen LogP contribution in [0.15, 0.2) is 24.3 Å². The van der Waals surface area contributed by atoms with Gasteiger partial charge in [0.1, 0.15) is 6.10 Å². The highest BCUT2D eigenvalue weighted by atomic mass is 35.5. The first-order chi connectivity index (χ1) is 9.97. The maximum atomic E-state index is 11.9. The smallest absolute Gasteiger partial charge is 0.315 e. The van der Waals surface area contributed by atoms with Crippen LogP contribution >= 0.6 is 11.6 Å². The van der Waals surface area contributed by atoms with Crippen LogP contribution < -0.4 is 10.6 Å². The Hall–Kier alpha value is -1.30. The van der Waals surface area contributed by atoms with E-state index < -0.39 is 0 Å². The fraction of sp³-hybridized carbons (Fsp3) is 0.533. The first kappa shape index (κ1) is 17.8. The van der Waals surface area contributed by atoms with Crippen molar-refractivity contribution in [2.24, 2.45) is 0 Å². The lowest BCUT2D eigenvalue weighted by molar-refractivity contribution is 0.0760. The van der Waals surface area contributed by atoms with E-state index in [4.69, 9.17) is 21.4 Å². The molecule has 0 aliphatic carbocycles. The number of aliphatic hydroxyl groups excluding tert-OH is 1. The summed E-state index contributed by atoms with van der Waals surface area (Å²) in [5, 5.41) is 15.1. The fourth-order valence-electron chi connectivity index (χ4n) is 2.10. The van der Waals surface area contributed by atoms with Crippen molar-refractivity contribution >= 4 is 17.6 Å². The molecule has 5 nitrogen and oxygen atoms in total. The van der Waals surface area contributed by atoms with Crippen LogP contribution in [0.2, 0.25) is 5.02 Å². The summed E-state index contributed by atoms with van der Waals surface area (Å²) in [7, 11) is 1.60. The van der Waals surface area contributed by atoms with Gasteiger partial charge < -0.3 is 20.5 Å². The second-order valence-electron chi connectivity index (χ2n) is 5.03. The molecule has 3 atom stereocenters. The molecular weight excluding hydrogens is 292 g/mol. The summed E-state index contributed by atoms with van der Waals surface area (Å²) in [6.07, 6.45) is 0.258. The maximum Gasteiger partial charge on any atom is 0.315 e. The highest BCUT2D eigenvalue weighted by molar-refractivity contribution is 6.30. The minimum Gasteiger partial charge on any atom is -0.396 e. The van der Waals surface area contributed by atoms with E-state index in [1.54, 1.807) is 19.2 Å². The average molecular weight is 315 g/mol. The zero-order chi connectivity index (χ0) is 15.8. The SMILES string of the molecule is COC(c1ccc(Cl)cc1)C(C)NC(=O)N[C@H](C)CCO. The number of hydrogen-bond acceptors (Lipinski definition) is 3. The van der Waals surface area contributed by atoms with Crippen molar-refractivity contribution in [2.45, 2.75) is 38.5 Å². The molecule has 1 aromatic carbocycles. The van der Waals surface area contributed by atoms with E-state index in [0.29, 0.717) is 11.4 Å². The summed E-state index contributed by atoms with van der Waals surface area (Å²) in [5.74, 6) is 0. The van der Waals surface area contributed by atoms with Crippen molar-refractivity contribution in [3.05, 3.63) is 34.9 Å². The lowest BCUT2D eigenvalue weighted by Crippen LogP contribution is -2.46.